The van der Waals surface area contributed by atoms with Crippen LogP contribution >= 0.6 is 0 Å². The van der Waals surface area contributed by atoms with Gasteiger partial charge in [0.2, 0.25) is 5.76 Å². The van der Waals surface area contributed by atoms with Crippen LogP contribution in [0.4, 0.5) is 0 Å². The average Bonchev–Trinajstić information content (AvgIpc) is 3.04. The van der Waals surface area contributed by atoms with E-state index in [9.17, 15) is 4.79 Å². The zero-order chi connectivity index (χ0) is 16.8. The van der Waals surface area contributed by atoms with Crippen molar-refractivity contribution in [1.82, 2.24) is 10.3 Å². The molecule has 0 spiro atoms. The molecule has 124 valence electrons. The van der Waals surface area contributed by atoms with E-state index >= 15 is 0 Å². The molecule has 0 aliphatic heterocycles. The average molecular weight is 318 g/mol. The monoisotopic (exact) mass is 318 g/mol. The van der Waals surface area contributed by atoms with Crippen LogP contribution in [0.15, 0.2) is 29.0 Å². The second-order valence-electron chi connectivity index (χ2n) is 5.42. The molecule has 0 bridgehead atoms. The number of ether oxygens (including phenoxy) is 2. The first-order valence-corrected chi connectivity index (χ1v) is 7.49. The second-order valence-corrected chi connectivity index (χ2v) is 5.42. The summed E-state index contributed by atoms with van der Waals surface area (Å²) in [5.74, 6) is 1.54. The van der Waals surface area contributed by atoms with E-state index in [4.69, 9.17) is 13.9 Å². The molecular formula is C17H22N2O4. The zero-order valence-electron chi connectivity index (χ0n) is 13.9. The Morgan fingerprint density at radius 3 is 2.65 bits per heavy atom. The van der Waals surface area contributed by atoms with Gasteiger partial charge in [-0.3, -0.25) is 4.79 Å². The highest BCUT2D eigenvalue weighted by Gasteiger charge is 2.18. The molecule has 1 amide bonds. The highest BCUT2D eigenvalue weighted by atomic mass is 16.5. The lowest BCUT2D eigenvalue weighted by molar-refractivity contribution is 0.0924. The molecule has 0 aliphatic carbocycles. The van der Waals surface area contributed by atoms with Crippen LogP contribution in [0.3, 0.4) is 0 Å². The van der Waals surface area contributed by atoms with Crippen molar-refractivity contribution in [1.29, 1.82) is 0 Å². The van der Waals surface area contributed by atoms with Crippen molar-refractivity contribution >= 4 is 5.91 Å². The number of oxazole rings is 1. The summed E-state index contributed by atoms with van der Waals surface area (Å²) in [6, 6.07) is 5.70. The molecule has 0 radical (unpaired) electrons. The second kappa shape index (κ2) is 7.67. The molecule has 0 atom stereocenters. The normalized spacial score (nSPS) is 10.7. The van der Waals surface area contributed by atoms with Crippen LogP contribution in [0.2, 0.25) is 0 Å². The molecular weight excluding hydrogens is 296 g/mol. The van der Waals surface area contributed by atoms with Gasteiger partial charge in [-0.15, -0.1) is 0 Å². The number of carbonyl (C=O) groups excluding carboxylic acids is 1. The maximum absolute atomic E-state index is 12.2. The number of nitrogens with zero attached hydrogens (tertiary/aromatic N) is 1. The molecule has 1 aromatic heterocycles. The first-order valence-electron chi connectivity index (χ1n) is 7.49. The Balaban J connectivity index is 1.94. The number of aromatic nitrogens is 1. The largest absolute Gasteiger partial charge is 0.493 e. The summed E-state index contributed by atoms with van der Waals surface area (Å²) in [5, 5.41) is 2.85. The fourth-order valence-electron chi connectivity index (χ4n) is 2.27. The molecule has 1 N–H and O–H groups in total. The number of rotatable bonds is 7. The standard InChI is InChI=1S/C17H22N2O4/c1-11(2)15-16(23-10-19-15)17(20)18-8-7-12-5-6-13(21-3)14(9-12)22-4/h5-6,9-11H,7-8H2,1-4H3,(H,18,20). The summed E-state index contributed by atoms with van der Waals surface area (Å²) in [7, 11) is 3.20. The van der Waals surface area contributed by atoms with E-state index in [1.165, 1.54) is 6.39 Å². The summed E-state index contributed by atoms with van der Waals surface area (Å²) >= 11 is 0. The Kier molecular flexibility index (Phi) is 5.62. The predicted octanol–water partition coefficient (Wildman–Crippen LogP) is 2.79. The van der Waals surface area contributed by atoms with Crippen molar-refractivity contribution in [2.75, 3.05) is 20.8 Å². The Bertz CT molecular complexity index is 664. The van der Waals surface area contributed by atoms with Gasteiger partial charge >= 0.3 is 0 Å². The fraction of sp³-hybridized carbons (Fsp3) is 0.412. The maximum atomic E-state index is 12.2. The Hall–Kier alpha value is -2.50. The highest BCUT2D eigenvalue weighted by Crippen LogP contribution is 2.27. The van der Waals surface area contributed by atoms with Crippen LogP contribution < -0.4 is 14.8 Å². The van der Waals surface area contributed by atoms with Gasteiger partial charge in [0, 0.05) is 6.54 Å². The van der Waals surface area contributed by atoms with Gasteiger partial charge in [0.25, 0.3) is 5.91 Å². The lowest BCUT2D eigenvalue weighted by Crippen LogP contribution is -2.26. The fourth-order valence-corrected chi connectivity index (χ4v) is 2.27. The Morgan fingerprint density at radius 1 is 1.26 bits per heavy atom. The SMILES string of the molecule is COc1ccc(CCNC(=O)c2ocnc2C(C)C)cc1OC. The van der Waals surface area contributed by atoms with Gasteiger partial charge in [0.05, 0.1) is 19.9 Å². The van der Waals surface area contributed by atoms with Crippen LogP contribution in [-0.4, -0.2) is 31.7 Å². The van der Waals surface area contributed by atoms with E-state index in [0.717, 1.165) is 5.56 Å². The van der Waals surface area contributed by atoms with E-state index in [-0.39, 0.29) is 17.6 Å². The molecule has 1 heterocycles. The molecule has 0 saturated heterocycles. The minimum Gasteiger partial charge on any atom is -0.493 e. The number of amides is 1. The van der Waals surface area contributed by atoms with Gasteiger partial charge < -0.3 is 19.2 Å². The van der Waals surface area contributed by atoms with Gasteiger partial charge in [-0.25, -0.2) is 4.98 Å². The number of benzene rings is 1. The van der Waals surface area contributed by atoms with Crippen LogP contribution in [0, 0.1) is 0 Å². The summed E-state index contributed by atoms with van der Waals surface area (Å²) in [6.45, 7) is 4.43. The van der Waals surface area contributed by atoms with Crippen molar-refractivity contribution in [3.8, 4) is 11.5 Å². The van der Waals surface area contributed by atoms with E-state index in [2.05, 4.69) is 10.3 Å². The lowest BCUT2D eigenvalue weighted by Gasteiger charge is -2.10. The summed E-state index contributed by atoms with van der Waals surface area (Å²) in [5.41, 5.74) is 1.72. The van der Waals surface area contributed by atoms with Crippen LogP contribution in [0.25, 0.3) is 0 Å². The number of methoxy groups -OCH3 is 2. The van der Waals surface area contributed by atoms with Crippen molar-refractivity contribution in [3.05, 3.63) is 41.6 Å². The topological polar surface area (TPSA) is 73.6 Å². The van der Waals surface area contributed by atoms with Gasteiger partial charge in [0.1, 0.15) is 0 Å². The van der Waals surface area contributed by atoms with E-state index < -0.39 is 0 Å². The number of hydrogen-bond donors (Lipinski definition) is 1. The molecule has 0 saturated carbocycles. The number of nitrogens with one attached hydrogen (secondary N) is 1. The minimum absolute atomic E-state index is 0.139. The zero-order valence-corrected chi connectivity index (χ0v) is 13.9. The molecule has 0 aliphatic rings. The Labute approximate surface area is 135 Å². The van der Waals surface area contributed by atoms with Gasteiger partial charge in [-0.1, -0.05) is 19.9 Å². The van der Waals surface area contributed by atoms with Crippen LogP contribution in [0.1, 0.15) is 41.6 Å². The third kappa shape index (κ3) is 4.03. The highest BCUT2D eigenvalue weighted by molar-refractivity contribution is 5.92. The van der Waals surface area contributed by atoms with Crippen molar-refractivity contribution in [2.45, 2.75) is 26.2 Å². The maximum Gasteiger partial charge on any atom is 0.289 e. The quantitative estimate of drug-likeness (QED) is 0.850. The van der Waals surface area contributed by atoms with E-state index in [1.54, 1.807) is 14.2 Å². The van der Waals surface area contributed by atoms with Crippen LogP contribution in [-0.2, 0) is 6.42 Å². The summed E-state index contributed by atoms with van der Waals surface area (Å²) in [4.78, 5) is 16.2. The number of hydrogen-bond acceptors (Lipinski definition) is 5. The first-order chi connectivity index (χ1) is 11.1. The first kappa shape index (κ1) is 16.9. The van der Waals surface area contributed by atoms with Gasteiger partial charge in [-0.05, 0) is 30.0 Å². The third-order valence-corrected chi connectivity index (χ3v) is 3.50. The molecule has 0 unspecified atom stereocenters. The van der Waals surface area contributed by atoms with Crippen LogP contribution in [0.5, 0.6) is 11.5 Å². The van der Waals surface area contributed by atoms with E-state index in [1.807, 2.05) is 32.0 Å². The van der Waals surface area contributed by atoms with Crippen molar-refractivity contribution in [3.63, 3.8) is 0 Å². The van der Waals surface area contributed by atoms with Gasteiger partial charge in [0.15, 0.2) is 17.9 Å². The third-order valence-electron chi connectivity index (χ3n) is 3.50. The van der Waals surface area contributed by atoms with Gasteiger partial charge in [-0.2, -0.15) is 0 Å². The van der Waals surface area contributed by atoms with E-state index in [0.29, 0.717) is 30.2 Å². The summed E-state index contributed by atoms with van der Waals surface area (Å²) < 4.78 is 15.7. The van der Waals surface area contributed by atoms with Crippen molar-refractivity contribution in [2.24, 2.45) is 0 Å². The molecule has 23 heavy (non-hydrogen) atoms. The molecule has 6 heteroatoms. The minimum atomic E-state index is -0.244. The van der Waals surface area contributed by atoms with Crippen molar-refractivity contribution < 1.29 is 18.7 Å². The molecule has 6 nitrogen and oxygen atoms in total. The smallest absolute Gasteiger partial charge is 0.289 e. The Morgan fingerprint density at radius 2 is 2.00 bits per heavy atom. The molecule has 2 rings (SSSR count). The number of carbonyl (C=O) groups is 1. The molecule has 0 fully saturated rings. The predicted molar refractivity (Wildman–Crippen MR) is 86.2 cm³/mol. The molecule has 1 aromatic carbocycles. The summed E-state index contributed by atoms with van der Waals surface area (Å²) in [6.07, 6.45) is 1.98. The molecule has 2 aromatic rings. The lowest BCUT2D eigenvalue weighted by atomic mass is 10.1.